The predicted molar refractivity (Wildman–Crippen MR) is 89.5 cm³/mol. The Bertz CT molecular complexity index is 409. The average Bonchev–Trinajstić information content (AvgIpc) is 2.51. The highest BCUT2D eigenvalue weighted by molar-refractivity contribution is 5.80. The lowest BCUT2D eigenvalue weighted by molar-refractivity contribution is -0.122. The maximum Gasteiger partial charge on any atom is 0.133 e. The lowest BCUT2D eigenvalue weighted by Crippen LogP contribution is -2.21. The fourth-order valence-corrected chi connectivity index (χ4v) is 3.66. The van der Waals surface area contributed by atoms with E-state index in [1.807, 2.05) is 0 Å². The Balaban J connectivity index is 1.75. The first-order valence-corrected chi connectivity index (χ1v) is 8.86. The van der Waals surface area contributed by atoms with Crippen molar-refractivity contribution in [3.05, 3.63) is 35.9 Å². The quantitative estimate of drug-likeness (QED) is 0.544. The number of benzene rings is 1. The molecule has 1 heteroatoms. The number of unbranched alkanes of at least 4 members (excludes halogenated alkanes) is 5. The van der Waals surface area contributed by atoms with E-state index in [-0.39, 0.29) is 0 Å². The normalized spacial score (nSPS) is 22.4. The molecule has 1 aliphatic carbocycles. The minimum atomic E-state index is 0.470. The molecule has 0 N–H and O–H groups in total. The molecular weight excluding hydrogens is 256 g/mol. The van der Waals surface area contributed by atoms with Crippen molar-refractivity contribution < 1.29 is 4.79 Å². The van der Waals surface area contributed by atoms with Gasteiger partial charge in [-0.15, -0.1) is 0 Å². The maximum atomic E-state index is 12.0. The first-order chi connectivity index (χ1) is 10.3. The van der Waals surface area contributed by atoms with Crippen LogP contribution in [0.15, 0.2) is 30.3 Å². The molecule has 0 aromatic heterocycles. The van der Waals surface area contributed by atoms with Gasteiger partial charge in [-0.05, 0) is 23.8 Å². The molecule has 1 saturated carbocycles. The van der Waals surface area contributed by atoms with Crippen LogP contribution in [-0.2, 0) is 4.79 Å². The number of carbonyl (C=O) groups excluding carboxylic acids is 1. The van der Waals surface area contributed by atoms with Crippen LogP contribution in [0.4, 0.5) is 0 Å². The molecule has 21 heavy (non-hydrogen) atoms. The number of Topliss-reactive ketones (excluding diaryl/α,β-unsaturated/α-hetero) is 1. The van der Waals surface area contributed by atoms with Crippen molar-refractivity contribution >= 4 is 5.78 Å². The summed E-state index contributed by atoms with van der Waals surface area (Å²) < 4.78 is 0. The van der Waals surface area contributed by atoms with Crippen molar-refractivity contribution in [3.63, 3.8) is 0 Å². The molecule has 2 atom stereocenters. The summed E-state index contributed by atoms with van der Waals surface area (Å²) in [6.07, 6.45) is 12.2. The topological polar surface area (TPSA) is 17.1 Å². The van der Waals surface area contributed by atoms with E-state index in [0.717, 1.165) is 12.8 Å². The fourth-order valence-electron chi connectivity index (χ4n) is 3.66. The Morgan fingerprint density at radius 1 is 0.952 bits per heavy atom. The van der Waals surface area contributed by atoms with Crippen molar-refractivity contribution in [1.82, 2.24) is 0 Å². The summed E-state index contributed by atoms with van der Waals surface area (Å²) in [5.41, 5.74) is 1.36. The van der Waals surface area contributed by atoms with Gasteiger partial charge in [0.15, 0.2) is 0 Å². The summed E-state index contributed by atoms with van der Waals surface area (Å²) in [4.78, 5) is 12.0. The molecule has 0 amide bonds. The van der Waals surface area contributed by atoms with Gasteiger partial charge in [0.05, 0.1) is 0 Å². The van der Waals surface area contributed by atoms with Gasteiger partial charge >= 0.3 is 0 Å². The van der Waals surface area contributed by atoms with E-state index in [2.05, 4.69) is 37.3 Å². The minimum absolute atomic E-state index is 0.470. The molecule has 0 saturated heterocycles. The first-order valence-electron chi connectivity index (χ1n) is 8.86. The summed E-state index contributed by atoms with van der Waals surface area (Å²) in [5, 5.41) is 0. The monoisotopic (exact) mass is 286 g/mol. The van der Waals surface area contributed by atoms with Crippen molar-refractivity contribution in [2.75, 3.05) is 0 Å². The number of carbonyl (C=O) groups is 1. The molecular formula is C20H30O. The van der Waals surface area contributed by atoms with Gasteiger partial charge in [-0.25, -0.2) is 0 Å². The molecule has 1 aromatic carbocycles. The molecule has 0 spiro atoms. The smallest absolute Gasteiger partial charge is 0.133 e. The van der Waals surface area contributed by atoms with Crippen LogP contribution in [-0.4, -0.2) is 5.78 Å². The molecule has 2 rings (SSSR count). The van der Waals surface area contributed by atoms with Crippen molar-refractivity contribution in [1.29, 1.82) is 0 Å². The van der Waals surface area contributed by atoms with Gasteiger partial charge in [0.25, 0.3) is 0 Å². The summed E-state index contributed by atoms with van der Waals surface area (Å²) in [6, 6.07) is 10.6. The predicted octanol–water partition coefficient (Wildman–Crippen LogP) is 5.89. The second-order valence-corrected chi connectivity index (χ2v) is 6.71. The molecule has 0 aliphatic heterocycles. The van der Waals surface area contributed by atoms with Crippen molar-refractivity contribution in [2.45, 2.75) is 77.0 Å². The van der Waals surface area contributed by atoms with E-state index in [4.69, 9.17) is 0 Å². The average molecular weight is 286 g/mol. The molecule has 0 radical (unpaired) electrons. The van der Waals surface area contributed by atoms with E-state index in [1.54, 1.807) is 0 Å². The third kappa shape index (κ3) is 5.65. The highest BCUT2D eigenvalue weighted by atomic mass is 16.1. The van der Waals surface area contributed by atoms with Crippen LogP contribution in [0.25, 0.3) is 0 Å². The zero-order valence-electron chi connectivity index (χ0n) is 13.5. The van der Waals surface area contributed by atoms with E-state index in [0.29, 0.717) is 17.6 Å². The van der Waals surface area contributed by atoms with Crippen molar-refractivity contribution in [2.24, 2.45) is 5.92 Å². The Morgan fingerprint density at radius 3 is 2.43 bits per heavy atom. The highest BCUT2D eigenvalue weighted by Crippen LogP contribution is 2.36. The number of rotatable bonds is 8. The lowest BCUT2D eigenvalue weighted by atomic mass is 9.75. The summed E-state index contributed by atoms with van der Waals surface area (Å²) in [7, 11) is 0. The third-order valence-electron chi connectivity index (χ3n) is 4.85. The molecule has 0 bridgehead atoms. The van der Waals surface area contributed by atoms with Crippen LogP contribution in [0.1, 0.15) is 82.6 Å². The van der Waals surface area contributed by atoms with Gasteiger partial charge in [0.1, 0.15) is 5.78 Å². The van der Waals surface area contributed by atoms with Crippen LogP contribution in [0.5, 0.6) is 0 Å². The Morgan fingerprint density at radius 2 is 1.67 bits per heavy atom. The third-order valence-corrected chi connectivity index (χ3v) is 4.85. The molecule has 1 aliphatic rings. The van der Waals surface area contributed by atoms with E-state index >= 15 is 0 Å². The number of hydrogen-bond donors (Lipinski definition) is 0. The second kappa shape index (κ2) is 9.02. The maximum absolute atomic E-state index is 12.0. The van der Waals surface area contributed by atoms with E-state index in [9.17, 15) is 4.79 Å². The zero-order valence-corrected chi connectivity index (χ0v) is 13.5. The zero-order chi connectivity index (χ0) is 14.9. The van der Waals surface area contributed by atoms with Gasteiger partial charge in [0, 0.05) is 12.8 Å². The van der Waals surface area contributed by atoms with Gasteiger partial charge in [-0.3, -0.25) is 4.79 Å². The van der Waals surface area contributed by atoms with Crippen LogP contribution in [0.3, 0.4) is 0 Å². The molecule has 2 unspecified atom stereocenters. The van der Waals surface area contributed by atoms with Gasteiger partial charge in [-0.2, -0.15) is 0 Å². The van der Waals surface area contributed by atoms with Crippen LogP contribution < -0.4 is 0 Å². The summed E-state index contributed by atoms with van der Waals surface area (Å²) in [6.45, 7) is 2.26. The fraction of sp³-hybridized carbons (Fsp3) is 0.650. The minimum Gasteiger partial charge on any atom is -0.300 e. The van der Waals surface area contributed by atoms with Crippen LogP contribution >= 0.6 is 0 Å². The molecule has 1 fully saturated rings. The Hall–Kier alpha value is -1.11. The number of ketones is 1. The van der Waals surface area contributed by atoms with Gasteiger partial charge < -0.3 is 0 Å². The van der Waals surface area contributed by atoms with Crippen LogP contribution in [0, 0.1) is 5.92 Å². The summed E-state index contributed by atoms with van der Waals surface area (Å²) in [5.74, 6) is 1.58. The highest BCUT2D eigenvalue weighted by Gasteiger charge is 2.27. The lowest BCUT2D eigenvalue weighted by Gasteiger charge is -2.28. The Kier molecular flexibility index (Phi) is 6.99. The molecule has 0 heterocycles. The molecule has 1 aromatic rings. The van der Waals surface area contributed by atoms with Gasteiger partial charge in [-0.1, -0.05) is 82.2 Å². The standard InChI is InChI=1S/C20H30O/c1-2-3-4-5-6-8-11-17-14-19(16-20(21)15-17)18-12-9-7-10-13-18/h7,9-10,12-13,17,19H,2-6,8,11,14-16H2,1H3. The summed E-state index contributed by atoms with van der Waals surface area (Å²) >= 11 is 0. The van der Waals surface area contributed by atoms with Gasteiger partial charge in [0.2, 0.25) is 0 Å². The Labute approximate surface area is 130 Å². The largest absolute Gasteiger partial charge is 0.300 e. The first kappa shape index (κ1) is 16.3. The molecule has 116 valence electrons. The van der Waals surface area contributed by atoms with Crippen molar-refractivity contribution in [3.8, 4) is 0 Å². The van der Waals surface area contributed by atoms with E-state index in [1.165, 1.54) is 56.9 Å². The molecule has 1 nitrogen and oxygen atoms in total. The second-order valence-electron chi connectivity index (χ2n) is 6.71. The SMILES string of the molecule is CCCCCCCCC1CC(=O)CC(c2ccccc2)C1. The van der Waals surface area contributed by atoms with E-state index < -0.39 is 0 Å². The van der Waals surface area contributed by atoms with Crippen LogP contribution in [0.2, 0.25) is 0 Å². The number of hydrogen-bond acceptors (Lipinski definition) is 1.